The Kier molecular flexibility index (Phi) is 5.57. The number of rotatable bonds is 6. The van der Waals surface area contributed by atoms with E-state index < -0.39 is 12.9 Å². The van der Waals surface area contributed by atoms with Gasteiger partial charge in [-0.25, -0.2) is 4.39 Å². The molecule has 1 aromatic rings. The lowest BCUT2D eigenvalue weighted by Crippen LogP contribution is -2.30. The topological polar surface area (TPSA) is 52.9 Å². The summed E-state index contributed by atoms with van der Waals surface area (Å²) in [5.41, 5.74) is 0.679. The first kappa shape index (κ1) is 14.1. The van der Waals surface area contributed by atoms with Crippen LogP contribution in [0.3, 0.4) is 0 Å². The number of benzene rings is 1. The van der Waals surface area contributed by atoms with Crippen molar-refractivity contribution in [3.63, 3.8) is 0 Å². The first-order valence-corrected chi connectivity index (χ1v) is 5.36. The summed E-state index contributed by atoms with van der Waals surface area (Å²) in [7, 11) is 1.85. The molecule has 2 N–H and O–H groups in total. The Balaban J connectivity index is 2.65. The number of methoxy groups -OCH3 is 1. The molecule has 0 unspecified atom stereocenters. The fourth-order valence-electron chi connectivity index (χ4n) is 1.47. The van der Waals surface area contributed by atoms with Crippen molar-refractivity contribution in [3.8, 4) is 0 Å². The van der Waals surface area contributed by atoms with Crippen molar-refractivity contribution >= 4 is 12.6 Å². The molecule has 94 valence electrons. The first-order valence-electron chi connectivity index (χ1n) is 5.36. The van der Waals surface area contributed by atoms with Gasteiger partial charge in [-0.2, -0.15) is 0 Å². The molecule has 4 nitrogen and oxygen atoms in total. The highest BCUT2D eigenvalue weighted by Crippen LogP contribution is 2.08. The van der Waals surface area contributed by atoms with Crippen LogP contribution in [0.2, 0.25) is 0 Å². The second kappa shape index (κ2) is 6.71. The zero-order valence-corrected chi connectivity index (χ0v) is 10.1. The second-order valence-electron chi connectivity index (χ2n) is 3.96. The molecule has 0 radical (unpaired) electrons. The number of halogens is 1. The van der Waals surface area contributed by atoms with E-state index in [1.807, 2.05) is 11.9 Å². The quantitative estimate of drug-likeness (QED) is 0.664. The predicted octanol–water partition coefficient (Wildman–Crippen LogP) is -0.416. The Morgan fingerprint density at radius 1 is 1.41 bits per heavy atom. The minimum absolute atomic E-state index is 0.158. The molecule has 0 saturated heterocycles. The molecule has 0 heterocycles. The molecule has 0 amide bonds. The van der Waals surface area contributed by atoms with Crippen LogP contribution >= 0.6 is 0 Å². The van der Waals surface area contributed by atoms with Crippen LogP contribution in [0.4, 0.5) is 4.39 Å². The third-order valence-corrected chi connectivity index (χ3v) is 2.49. The molecule has 0 aliphatic carbocycles. The monoisotopic (exact) mass is 241 g/mol. The lowest BCUT2D eigenvalue weighted by molar-refractivity contribution is 0.158. The van der Waals surface area contributed by atoms with Gasteiger partial charge >= 0.3 is 7.12 Å². The molecule has 0 saturated carbocycles. The fraction of sp³-hybridized carbons (Fsp3) is 0.455. The highest BCUT2D eigenvalue weighted by atomic mass is 19.1. The van der Waals surface area contributed by atoms with Crippen molar-refractivity contribution in [2.45, 2.75) is 6.54 Å². The molecule has 0 aliphatic heterocycles. The molecule has 0 aromatic heterocycles. The van der Waals surface area contributed by atoms with E-state index in [0.29, 0.717) is 25.3 Å². The van der Waals surface area contributed by atoms with Crippen LogP contribution < -0.4 is 5.46 Å². The molecule has 0 bridgehead atoms. The maximum Gasteiger partial charge on any atom is 0.488 e. The Labute approximate surface area is 101 Å². The summed E-state index contributed by atoms with van der Waals surface area (Å²) in [6, 6.07) is 4.21. The standard InChI is InChI=1S/C11H17BFNO3/c1-14(5-6-17-2)8-9-3-4-10(12(15)16)7-11(9)13/h3-4,7,15-16H,5-6,8H2,1-2H3. The number of hydrogen-bond acceptors (Lipinski definition) is 4. The number of likely N-dealkylation sites (N-methyl/N-ethyl adjacent to an activating group) is 1. The molecule has 1 aromatic carbocycles. The molecular formula is C11H17BFNO3. The number of nitrogens with zero attached hydrogens (tertiary/aromatic N) is 1. The van der Waals surface area contributed by atoms with Crippen molar-refractivity contribution in [2.75, 3.05) is 27.3 Å². The van der Waals surface area contributed by atoms with Gasteiger partial charge in [0.05, 0.1) is 6.61 Å². The van der Waals surface area contributed by atoms with Crippen molar-refractivity contribution in [3.05, 3.63) is 29.6 Å². The van der Waals surface area contributed by atoms with E-state index in [1.165, 1.54) is 6.07 Å². The van der Waals surface area contributed by atoms with Crippen LogP contribution in [0.15, 0.2) is 18.2 Å². The number of hydrogen-bond donors (Lipinski definition) is 2. The SMILES string of the molecule is COCCN(C)Cc1ccc(B(O)O)cc1F. The molecule has 6 heteroatoms. The summed E-state index contributed by atoms with van der Waals surface area (Å²) in [6.07, 6.45) is 0. The van der Waals surface area contributed by atoms with Gasteiger partial charge in [-0.3, -0.25) is 4.90 Å². The largest absolute Gasteiger partial charge is 0.488 e. The lowest BCUT2D eigenvalue weighted by atomic mass is 9.80. The molecule has 0 atom stereocenters. The van der Waals surface area contributed by atoms with Crippen LogP contribution in [0.25, 0.3) is 0 Å². The summed E-state index contributed by atoms with van der Waals surface area (Å²) in [4.78, 5) is 1.93. The molecule has 0 fully saturated rings. The van der Waals surface area contributed by atoms with E-state index in [9.17, 15) is 4.39 Å². The van der Waals surface area contributed by atoms with E-state index in [1.54, 1.807) is 13.2 Å². The highest BCUT2D eigenvalue weighted by Gasteiger charge is 2.14. The summed E-state index contributed by atoms with van der Waals surface area (Å²) < 4.78 is 18.5. The van der Waals surface area contributed by atoms with Gasteiger partial charge in [0.1, 0.15) is 5.82 Å². The van der Waals surface area contributed by atoms with Gasteiger partial charge in [0.15, 0.2) is 0 Å². The second-order valence-corrected chi connectivity index (χ2v) is 3.96. The first-order chi connectivity index (χ1) is 8.04. The molecular weight excluding hydrogens is 224 g/mol. The van der Waals surface area contributed by atoms with Gasteiger partial charge in [0.2, 0.25) is 0 Å². The summed E-state index contributed by atoms with van der Waals surface area (Å²) in [5, 5.41) is 17.8. The van der Waals surface area contributed by atoms with Gasteiger partial charge in [-0.05, 0) is 18.6 Å². The Bertz CT molecular complexity index is 363. The summed E-state index contributed by atoms with van der Waals surface area (Å²) in [6.45, 7) is 1.75. The third kappa shape index (κ3) is 4.43. The fourth-order valence-corrected chi connectivity index (χ4v) is 1.47. The average Bonchev–Trinajstić information content (AvgIpc) is 2.28. The summed E-state index contributed by atoms with van der Waals surface area (Å²) in [5.74, 6) is -0.431. The normalized spacial score (nSPS) is 10.9. The van der Waals surface area contributed by atoms with Gasteiger partial charge in [0, 0.05) is 25.8 Å². The molecule has 0 spiro atoms. The molecule has 0 aliphatic rings. The zero-order chi connectivity index (χ0) is 12.8. The molecule has 1 rings (SSSR count). The average molecular weight is 241 g/mol. The van der Waals surface area contributed by atoms with Crippen LogP contribution in [-0.4, -0.2) is 49.4 Å². The number of ether oxygens (including phenoxy) is 1. The maximum atomic E-state index is 13.6. The van der Waals surface area contributed by atoms with Crippen LogP contribution in [0.1, 0.15) is 5.56 Å². The van der Waals surface area contributed by atoms with Crippen molar-refractivity contribution in [2.24, 2.45) is 0 Å². The Morgan fingerprint density at radius 3 is 2.65 bits per heavy atom. The molecule has 17 heavy (non-hydrogen) atoms. The van der Waals surface area contributed by atoms with Crippen LogP contribution in [0, 0.1) is 5.82 Å². The Morgan fingerprint density at radius 2 is 2.12 bits per heavy atom. The minimum atomic E-state index is -1.63. The third-order valence-electron chi connectivity index (χ3n) is 2.49. The van der Waals surface area contributed by atoms with Crippen molar-refractivity contribution in [1.29, 1.82) is 0 Å². The smallest absolute Gasteiger partial charge is 0.423 e. The van der Waals surface area contributed by atoms with Gasteiger partial charge in [-0.1, -0.05) is 12.1 Å². The van der Waals surface area contributed by atoms with Crippen LogP contribution in [0.5, 0.6) is 0 Å². The van der Waals surface area contributed by atoms with E-state index in [-0.39, 0.29) is 5.46 Å². The minimum Gasteiger partial charge on any atom is -0.423 e. The van der Waals surface area contributed by atoms with E-state index >= 15 is 0 Å². The van der Waals surface area contributed by atoms with Crippen molar-refractivity contribution < 1.29 is 19.2 Å². The van der Waals surface area contributed by atoms with E-state index in [4.69, 9.17) is 14.8 Å². The van der Waals surface area contributed by atoms with Gasteiger partial charge in [0.25, 0.3) is 0 Å². The van der Waals surface area contributed by atoms with Crippen molar-refractivity contribution in [1.82, 2.24) is 4.90 Å². The zero-order valence-electron chi connectivity index (χ0n) is 10.1. The van der Waals surface area contributed by atoms with Gasteiger partial charge < -0.3 is 14.8 Å². The van der Waals surface area contributed by atoms with E-state index in [2.05, 4.69) is 0 Å². The van der Waals surface area contributed by atoms with Crippen LogP contribution in [-0.2, 0) is 11.3 Å². The Hall–Kier alpha value is -0.945. The lowest BCUT2D eigenvalue weighted by Gasteiger charge is -2.16. The maximum absolute atomic E-state index is 13.6. The van der Waals surface area contributed by atoms with E-state index in [0.717, 1.165) is 6.07 Å². The van der Waals surface area contributed by atoms with Gasteiger partial charge in [-0.15, -0.1) is 0 Å². The highest BCUT2D eigenvalue weighted by molar-refractivity contribution is 6.58. The summed E-state index contributed by atoms with van der Waals surface area (Å²) >= 11 is 0. The predicted molar refractivity (Wildman–Crippen MR) is 64.4 cm³/mol.